The minimum atomic E-state index is -0.550. The Hall–Kier alpha value is -0.970. The van der Waals surface area contributed by atoms with Gasteiger partial charge in [-0.05, 0) is 6.07 Å². The van der Waals surface area contributed by atoms with Gasteiger partial charge in [-0.1, -0.05) is 29.8 Å². The minimum Gasteiger partial charge on any atom is -0.258 e. The summed E-state index contributed by atoms with van der Waals surface area (Å²) in [4.78, 5) is 9.70. The molecule has 0 N–H and O–H groups in total. The maximum atomic E-state index is 12.8. The molecule has 0 atom stereocenters. The summed E-state index contributed by atoms with van der Waals surface area (Å²) < 4.78 is 12.8. The molecule has 0 unspecified atom stereocenters. The van der Waals surface area contributed by atoms with Crippen molar-refractivity contribution in [2.75, 3.05) is 0 Å². The van der Waals surface area contributed by atoms with E-state index in [0.29, 0.717) is 5.56 Å². The van der Waals surface area contributed by atoms with Crippen molar-refractivity contribution >= 4 is 21.6 Å². The van der Waals surface area contributed by atoms with Crippen molar-refractivity contribution in [2.45, 2.75) is 19.2 Å². The zero-order chi connectivity index (χ0) is 11.1. The van der Waals surface area contributed by atoms with E-state index < -0.39 is 10.7 Å². The van der Waals surface area contributed by atoms with E-state index in [1.807, 2.05) is 13.8 Å². The predicted octanol–water partition coefficient (Wildman–Crippen LogP) is 3.66. The van der Waals surface area contributed by atoms with Gasteiger partial charge in [0.25, 0.3) is 5.69 Å². The van der Waals surface area contributed by atoms with Crippen LogP contribution in [0.2, 0.25) is 0 Å². The van der Waals surface area contributed by atoms with Crippen LogP contribution in [0.4, 0.5) is 10.1 Å². The quantitative estimate of drug-likeness (QED) is 0.464. The van der Waals surface area contributed by atoms with E-state index in [1.165, 1.54) is 6.07 Å². The van der Waals surface area contributed by atoms with Crippen LogP contribution in [0.1, 0.15) is 19.4 Å². The maximum Gasteiger partial charge on any atom is 0.269 e. The molecule has 0 aliphatic heterocycles. The molecule has 0 amide bonds. The highest BCUT2D eigenvalue weighted by molar-refractivity contribution is 9.08. The van der Waals surface area contributed by atoms with E-state index in [4.69, 9.17) is 0 Å². The summed E-state index contributed by atoms with van der Waals surface area (Å²) in [6, 6.07) is 3.44. The average molecular weight is 264 g/mol. The Kier molecular flexibility index (Phi) is 6.03. The Balaban J connectivity index is 0.000000791. The first-order chi connectivity index (χ1) is 6.65. The Morgan fingerprint density at radius 2 is 2.07 bits per heavy atom. The summed E-state index contributed by atoms with van der Waals surface area (Å²) in [5.41, 5.74) is 0.204. The number of halogens is 2. The molecule has 1 aromatic carbocycles. The number of nitrogens with zero attached hydrogens (tertiary/aromatic N) is 1. The number of alkyl halides is 1. The van der Waals surface area contributed by atoms with Crippen LogP contribution < -0.4 is 0 Å². The van der Waals surface area contributed by atoms with Crippen LogP contribution in [-0.2, 0) is 5.33 Å². The molecule has 3 nitrogen and oxygen atoms in total. The van der Waals surface area contributed by atoms with Gasteiger partial charge in [0.15, 0.2) is 0 Å². The van der Waals surface area contributed by atoms with Gasteiger partial charge in [-0.3, -0.25) is 10.1 Å². The highest BCUT2D eigenvalue weighted by Gasteiger charge is 2.08. The van der Waals surface area contributed by atoms with Crippen LogP contribution in [0, 0.1) is 15.9 Å². The van der Waals surface area contributed by atoms with Crippen LogP contribution in [-0.4, -0.2) is 4.92 Å². The number of nitro benzene ring substituents is 1. The van der Waals surface area contributed by atoms with Gasteiger partial charge in [0.05, 0.1) is 4.92 Å². The third-order valence-corrected chi connectivity index (χ3v) is 1.99. The number of rotatable bonds is 2. The van der Waals surface area contributed by atoms with Crippen LogP contribution in [0.5, 0.6) is 0 Å². The van der Waals surface area contributed by atoms with E-state index in [2.05, 4.69) is 15.9 Å². The van der Waals surface area contributed by atoms with Crippen molar-refractivity contribution in [3.05, 3.63) is 39.7 Å². The zero-order valence-electron chi connectivity index (χ0n) is 7.96. The Morgan fingerprint density at radius 1 is 1.50 bits per heavy atom. The van der Waals surface area contributed by atoms with Gasteiger partial charge in [-0.15, -0.1) is 0 Å². The van der Waals surface area contributed by atoms with Gasteiger partial charge in [-0.2, -0.15) is 0 Å². The lowest BCUT2D eigenvalue weighted by atomic mass is 10.2. The van der Waals surface area contributed by atoms with Gasteiger partial charge in [0.1, 0.15) is 5.82 Å². The summed E-state index contributed by atoms with van der Waals surface area (Å²) >= 11 is 3.03. The minimum absolute atomic E-state index is 0.0918. The van der Waals surface area contributed by atoms with Crippen molar-refractivity contribution < 1.29 is 9.31 Å². The lowest BCUT2D eigenvalue weighted by Gasteiger charge is -1.96. The number of non-ortho nitro benzene ring substituents is 1. The fourth-order valence-electron chi connectivity index (χ4n) is 0.777. The van der Waals surface area contributed by atoms with Crippen LogP contribution in [0.25, 0.3) is 0 Å². The van der Waals surface area contributed by atoms with Crippen molar-refractivity contribution in [2.24, 2.45) is 0 Å². The average Bonchev–Trinajstić information content (AvgIpc) is 2.21. The first-order valence-electron chi connectivity index (χ1n) is 4.14. The molecular weight excluding hydrogens is 253 g/mol. The summed E-state index contributed by atoms with van der Waals surface area (Å²) in [7, 11) is 0. The Bertz CT molecular complexity index is 318. The summed E-state index contributed by atoms with van der Waals surface area (Å²) in [6.45, 7) is 4.00. The summed E-state index contributed by atoms with van der Waals surface area (Å²) in [6.07, 6.45) is 0. The molecule has 5 heteroatoms. The standard InChI is InChI=1S/C7H5BrFNO2.C2H6/c8-4-5-3-6(10(11)12)1-2-7(5)9;1-2/h1-3H,4H2;1-2H3. The monoisotopic (exact) mass is 263 g/mol. The summed E-state index contributed by atoms with van der Waals surface area (Å²) in [5.74, 6) is -0.433. The largest absolute Gasteiger partial charge is 0.269 e. The van der Waals surface area contributed by atoms with Crippen LogP contribution in [0.3, 0.4) is 0 Å². The van der Waals surface area contributed by atoms with E-state index in [0.717, 1.165) is 12.1 Å². The zero-order valence-corrected chi connectivity index (χ0v) is 9.54. The van der Waals surface area contributed by atoms with Gasteiger partial charge < -0.3 is 0 Å². The van der Waals surface area contributed by atoms with Gasteiger partial charge in [0, 0.05) is 23.0 Å². The van der Waals surface area contributed by atoms with Gasteiger partial charge in [-0.25, -0.2) is 4.39 Å². The molecule has 0 aromatic heterocycles. The molecule has 0 bridgehead atoms. The molecule has 0 heterocycles. The molecule has 0 saturated carbocycles. The molecule has 14 heavy (non-hydrogen) atoms. The lowest BCUT2D eigenvalue weighted by molar-refractivity contribution is -0.385. The second-order valence-corrected chi connectivity index (χ2v) is 2.73. The highest BCUT2D eigenvalue weighted by Crippen LogP contribution is 2.18. The third-order valence-electron chi connectivity index (χ3n) is 1.38. The molecular formula is C9H11BrFNO2. The Labute approximate surface area is 90.2 Å². The second-order valence-electron chi connectivity index (χ2n) is 2.17. The SMILES string of the molecule is CC.O=[N+]([O-])c1ccc(F)c(CBr)c1. The third kappa shape index (κ3) is 3.41. The van der Waals surface area contributed by atoms with E-state index in [9.17, 15) is 14.5 Å². The van der Waals surface area contributed by atoms with Crippen molar-refractivity contribution in [1.29, 1.82) is 0 Å². The first kappa shape index (κ1) is 13.0. The summed E-state index contributed by atoms with van der Waals surface area (Å²) in [5, 5.41) is 10.5. The second kappa shape index (κ2) is 6.48. The normalized spacial score (nSPS) is 8.86. The fourth-order valence-corrected chi connectivity index (χ4v) is 1.21. The molecule has 1 rings (SSSR count). The van der Waals surface area contributed by atoms with Crippen molar-refractivity contribution in [3.63, 3.8) is 0 Å². The highest BCUT2D eigenvalue weighted by atomic mass is 79.9. The lowest BCUT2D eigenvalue weighted by Crippen LogP contribution is -1.91. The number of nitro groups is 1. The molecule has 0 aliphatic rings. The van der Waals surface area contributed by atoms with Gasteiger partial charge in [0.2, 0.25) is 0 Å². The molecule has 0 aliphatic carbocycles. The maximum absolute atomic E-state index is 12.8. The van der Waals surface area contributed by atoms with Crippen LogP contribution in [0.15, 0.2) is 18.2 Å². The van der Waals surface area contributed by atoms with Crippen molar-refractivity contribution in [1.82, 2.24) is 0 Å². The molecule has 0 fully saturated rings. The predicted molar refractivity (Wildman–Crippen MR) is 57.0 cm³/mol. The fraction of sp³-hybridized carbons (Fsp3) is 0.333. The van der Waals surface area contributed by atoms with Crippen LogP contribution >= 0.6 is 15.9 Å². The smallest absolute Gasteiger partial charge is 0.258 e. The molecule has 78 valence electrons. The van der Waals surface area contributed by atoms with E-state index in [1.54, 1.807) is 0 Å². The van der Waals surface area contributed by atoms with E-state index in [-0.39, 0.29) is 11.0 Å². The van der Waals surface area contributed by atoms with E-state index >= 15 is 0 Å². The molecule has 0 spiro atoms. The number of hydrogen-bond donors (Lipinski definition) is 0. The molecule has 0 saturated heterocycles. The molecule has 0 radical (unpaired) electrons. The topological polar surface area (TPSA) is 43.1 Å². The number of benzene rings is 1. The first-order valence-corrected chi connectivity index (χ1v) is 5.26. The van der Waals surface area contributed by atoms with Crippen molar-refractivity contribution in [3.8, 4) is 0 Å². The number of hydrogen-bond acceptors (Lipinski definition) is 2. The Morgan fingerprint density at radius 3 is 2.50 bits per heavy atom. The van der Waals surface area contributed by atoms with Gasteiger partial charge >= 0.3 is 0 Å². The molecule has 1 aromatic rings.